The Morgan fingerprint density at radius 2 is 2.04 bits per heavy atom. The fourth-order valence-electron chi connectivity index (χ4n) is 3.34. The fourth-order valence-corrected chi connectivity index (χ4v) is 3.34. The van der Waals surface area contributed by atoms with Crippen molar-refractivity contribution < 1.29 is 19.1 Å². The topological polar surface area (TPSA) is 75.2 Å². The molecule has 26 heavy (non-hydrogen) atoms. The summed E-state index contributed by atoms with van der Waals surface area (Å²) in [6.45, 7) is 4.31. The van der Waals surface area contributed by atoms with Crippen LogP contribution in [0.1, 0.15) is 16.8 Å². The van der Waals surface area contributed by atoms with Crippen LogP contribution in [0.5, 0.6) is 5.88 Å². The number of hydrogen-bond acceptors (Lipinski definition) is 6. The van der Waals surface area contributed by atoms with Gasteiger partial charge >= 0.3 is 0 Å². The molecule has 1 aromatic heterocycles. The summed E-state index contributed by atoms with van der Waals surface area (Å²) in [6, 6.07) is 3.39. The molecule has 0 saturated carbocycles. The van der Waals surface area contributed by atoms with Gasteiger partial charge in [0, 0.05) is 32.4 Å². The Balaban J connectivity index is 1.67. The third-order valence-corrected chi connectivity index (χ3v) is 4.86. The minimum atomic E-state index is -0.612. The van der Waals surface area contributed by atoms with E-state index >= 15 is 0 Å². The number of hydrogen-bond donors (Lipinski definition) is 0. The van der Waals surface area contributed by atoms with E-state index in [2.05, 4.69) is 16.9 Å². The molecule has 2 saturated heterocycles. The Bertz CT molecular complexity index is 654. The molecule has 8 heteroatoms. The molecule has 1 aromatic rings. The Labute approximate surface area is 153 Å². The van der Waals surface area contributed by atoms with Gasteiger partial charge in [-0.1, -0.05) is 0 Å². The van der Waals surface area contributed by atoms with Crippen LogP contribution in [0.2, 0.25) is 0 Å². The number of nitrogens with zero attached hydrogens (tertiary/aromatic N) is 4. The Morgan fingerprint density at radius 3 is 2.85 bits per heavy atom. The fraction of sp³-hybridized carbons (Fsp3) is 0.611. The van der Waals surface area contributed by atoms with E-state index < -0.39 is 6.10 Å². The molecule has 2 fully saturated rings. The molecule has 3 heterocycles. The maximum Gasteiger partial charge on any atom is 0.259 e. The van der Waals surface area contributed by atoms with Gasteiger partial charge in [0.2, 0.25) is 5.88 Å². The van der Waals surface area contributed by atoms with Crippen LogP contribution in [0.15, 0.2) is 18.3 Å². The number of carbonyl (C=O) groups is 2. The Kier molecular flexibility index (Phi) is 6.05. The van der Waals surface area contributed by atoms with Crippen molar-refractivity contribution in [1.82, 2.24) is 19.7 Å². The minimum absolute atomic E-state index is 0.0315. The van der Waals surface area contributed by atoms with Gasteiger partial charge in [0.05, 0.1) is 20.3 Å². The van der Waals surface area contributed by atoms with Gasteiger partial charge < -0.3 is 24.2 Å². The molecule has 0 spiro atoms. The lowest BCUT2D eigenvalue weighted by molar-refractivity contribution is -0.148. The van der Waals surface area contributed by atoms with Gasteiger partial charge in [-0.3, -0.25) is 9.59 Å². The summed E-state index contributed by atoms with van der Waals surface area (Å²) in [6.07, 6.45) is 1.92. The Morgan fingerprint density at radius 1 is 1.19 bits per heavy atom. The van der Waals surface area contributed by atoms with Crippen molar-refractivity contribution >= 4 is 11.8 Å². The normalized spacial score (nSPS) is 22.0. The van der Waals surface area contributed by atoms with Crippen LogP contribution in [0.4, 0.5) is 0 Å². The van der Waals surface area contributed by atoms with Crippen molar-refractivity contribution in [3.05, 3.63) is 23.9 Å². The molecule has 0 aliphatic carbocycles. The number of likely N-dealkylation sites (N-methyl/N-ethyl adjacent to an activating group) is 1. The third kappa shape index (κ3) is 4.13. The van der Waals surface area contributed by atoms with Crippen LogP contribution in [-0.2, 0) is 9.53 Å². The molecule has 0 radical (unpaired) electrons. The van der Waals surface area contributed by atoms with Gasteiger partial charge in [-0.15, -0.1) is 0 Å². The monoisotopic (exact) mass is 362 g/mol. The first-order chi connectivity index (χ1) is 12.6. The number of ether oxygens (including phenoxy) is 2. The molecule has 1 atom stereocenters. The molecular formula is C18H26N4O4. The molecule has 8 nitrogen and oxygen atoms in total. The highest BCUT2D eigenvalue weighted by atomic mass is 16.5. The number of pyridine rings is 1. The first-order valence-corrected chi connectivity index (χ1v) is 8.97. The zero-order valence-electron chi connectivity index (χ0n) is 15.4. The maximum absolute atomic E-state index is 12.8. The molecule has 0 aromatic carbocycles. The molecule has 0 N–H and O–H groups in total. The van der Waals surface area contributed by atoms with Crippen molar-refractivity contribution in [2.24, 2.45) is 0 Å². The van der Waals surface area contributed by atoms with Gasteiger partial charge in [-0.05, 0) is 32.1 Å². The Hall–Kier alpha value is -2.19. The van der Waals surface area contributed by atoms with E-state index in [4.69, 9.17) is 9.47 Å². The maximum atomic E-state index is 12.8. The highest BCUT2D eigenvalue weighted by molar-refractivity contribution is 5.96. The smallest absolute Gasteiger partial charge is 0.259 e. The average Bonchev–Trinajstić information content (AvgIpc) is 2.91. The zero-order chi connectivity index (χ0) is 18.5. The highest BCUT2D eigenvalue weighted by Crippen LogP contribution is 2.19. The highest BCUT2D eigenvalue weighted by Gasteiger charge is 2.33. The van der Waals surface area contributed by atoms with Crippen LogP contribution in [0, 0.1) is 0 Å². The quantitative estimate of drug-likeness (QED) is 0.759. The SMILES string of the molecule is COc1ncccc1C(=O)N1CCO[C@H](C(=O)N2CCCN(C)CC2)C1. The lowest BCUT2D eigenvalue weighted by Crippen LogP contribution is -2.53. The van der Waals surface area contributed by atoms with Gasteiger partial charge in [0.1, 0.15) is 5.56 Å². The molecule has 2 aliphatic heterocycles. The average molecular weight is 362 g/mol. The molecule has 2 amide bonds. The number of morpholine rings is 1. The van der Waals surface area contributed by atoms with Crippen molar-refractivity contribution in [3.8, 4) is 5.88 Å². The molecule has 142 valence electrons. The summed E-state index contributed by atoms with van der Waals surface area (Å²) in [5.74, 6) is 0.0741. The van der Waals surface area contributed by atoms with E-state index in [0.717, 1.165) is 26.1 Å². The van der Waals surface area contributed by atoms with Crippen LogP contribution >= 0.6 is 0 Å². The molecule has 0 bridgehead atoms. The third-order valence-electron chi connectivity index (χ3n) is 4.86. The van der Waals surface area contributed by atoms with Crippen molar-refractivity contribution in [2.75, 3.05) is 60.0 Å². The van der Waals surface area contributed by atoms with Crippen LogP contribution in [-0.4, -0.2) is 97.6 Å². The van der Waals surface area contributed by atoms with Gasteiger partial charge in [0.15, 0.2) is 6.10 Å². The summed E-state index contributed by atoms with van der Waals surface area (Å²) >= 11 is 0. The van der Waals surface area contributed by atoms with E-state index in [0.29, 0.717) is 31.1 Å². The molecular weight excluding hydrogens is 336 g/mol. The van der Waals surface area contributed by atoms with Crippen molar-refractivity contribution in [2.45, 2.75) is 12.5 Å². The largest absolute Gasteiger partial charge is 0.480 e. The summed E-state index contributed by atoms with van der Waals surface area (Å²) in [7, 11) is 3.55. The first kappa shape index (κ1) is 18.6. The molecule has 3 rings (SSSR count). The lowest BCUT2D eigenvalue weighted by Gasteiger charge is -2.34. The number of rotatable bonds is 3. The molecule has 0 unspecified atom stereocenters. The van der Waals surface area contributed by atoms with Crippen molar-refractivity contribution in [3.63, 3.8) is 0 Å². The predicted octanol–water partition coefficient (Wildman–Crippen LogP) is 0.0953. The number of carbonyl (C=O) groups excluding carboxylic acids is 2. The standard InChI is InChI=1S/C18H26N4O4/c1-20-7-4-8-21(10-9-20)18(24)15-13-22(11-12-26-15)17(23)14-5-3-6-19-16(14)25-2/h3,5-6,15H,4,7-13H2,1-2H3/t15-/m0/s1. The van der Waals surface area contributed by atoms with E-state index in [9.17, 15) is 9.59 Å². The number of methoxy groups -OCH3 is 1. The number of amides is 2. The summed E-state index contributed by atoms with van der Waals surface area (Å²) in [4.78, 5) is 35.5. The van der Waals surface area contributed by atoms with E-state index in [1.54, 1.807) is 23.2 Å². The number of aromatic nitrogens is 1. The van der Waals surface area contributed by atoms with Crippen LogP contribution in [0.3, 0.4) is 0 Å². The van der Waals surface area contributed by atoms with E-state index in [1.165, 1.54) is 7.11 Å². The van der Waals surface area contributed by atoms with Gasteiger partial charge in [-0.25, -0.2) is 4.98 Å². The lowest BCUT2D eigenvalue weighted by atomic mass is 10.2. The van der Waals surface area contributed by atoms with Crippen LogP contribution < -0.4 is 4.74 Å². The second-order valence-corrected chi connectivity index (χ2v) is 6.65. The zero-order valence-corrected chi connectivity index (χ0v) is 15.4. The second-order valence-electron chi connectivity index (χ2n) is 6.65. The summed E-state index contributed by atoms with van der Waals surface area (Å²) < 4.78 is 10.9. The van der Waals surface area contributed by atoms with Crippen LogP contribution in [0.25, 0.3) is 0 Å². The minimum Gasteiger partial charge on any atom is -0.480 e. The second kappa shape index (κ2) is 8.46. The predicted molar refractivity (Wildman–Crippen MR) is 95.1 cm³/mol. The molecule has 2 aliphatic rings. The first-order valence-electron chi connectivity index (χ1n) is 8.97. The summed E-state index contributed by atoms with van der Waals surface area (Å²) in [5.41, 5.74) is 0.402. The van der Waals surface area contributed by atoms with Crippen molar-refractivity contribution in [1.29, 1.82) is 0 Å². The van der Waals surface area contributed by atoms with E-state index in [-0.39, 0.29) is 18.4 Å². The van der Waals surface area contributed by atoms with E-state index in [1.807, 2.05) is 4.90 Å². The van der Waals surface area contributed by atoms with Gasteiger partial charge in [-0.2, -0.15) is 0 Å². The summed E-state index contributed by atoms with van der Waals surface area (Å²) in [5, 5.41) is 0. The van der Waals surface area contributed by atoms with Gasteiger partial charge in [0.25, 0.3) is 11.8 Å².